The predicted molar refractivity (Wildman–Crippen MR) is 87.0 cm³/mol. The van der Waals surface area contributed by atoms with Crippen LogP contribution in [-0.4, -0.2) is 17.1 Å². The zero-order chi connectivity index (χ0) is 15.9. The topological polar surface area (TPSA) is 48.3 Å². The van der Waals surface area contributed by atoms with E-state index in [1.165, 1.54) is 6.07 Å². The van der Waals surface area contributed by atoms with Crippen LogP contribution in [0.3, 0.4) is 0 Å². The van der Waals surface area contributed by atoms with E-state index in [1.54, 1.807) is 6.20 Å². The molecule has 0 amide bonds. The van der Waals surface area contributed by atoms with Gasteiger partial charge in [0.05, 0.1) is 12.3 Å². The maximum atomic E-state index is 12.2. The number of rotatable bonds is 6. The maximum Gasteiger partial charge on any atom is 0.343 e. The van der Waals surface area contributed by atoms with Gasteiger partial charge in [-0.1, -0.05) is 43.7 Å². The van der Waals surface area contributed by atoms with Gasteiger partial charge in [-0.2, -0.15) is 0 Å². The third kappa shape index (κ3) is 3.64. The highest BCUT2D eigenvalue weighted by Gasteiger charge is 2.15. The summed E-state index contributed by atoms with van der Waals surface area (Å²) in [6.45, 7) is 5.01. The lowest BCUT2D eigenvalue weighted by Crippen LogP contribution is -2.20. The summed E-state index contributed by atoms with van der Waals surface area (Å²) in [5.41, 5.74) is 1.55. The summed E-state index contributed by atoms with van der Waals surface area (Å²) in [5.74, 6) is -0.541. The first-order valence-electron chi connectivity index (χ1n) is 7.64. The van der Waals surface area contributed by atoms with Crippen LogP contribution in [-0.2, 0) is 11.3 Å². The Kier molecular flexibility index (Phi) is 5.53. The molecule has 116 valence electrons. The van der Waals surface area contributed by atoms with Crippen LogP contribution < -0.4 is 5.43 Å². The van der Waals surface area contributed by atoms with Gasteiger partial charge in [0.15, 0.2) is 5.43 Å². The summed E-state index contributed by atoms with van der Waals surface area (Å²) in [6.07, 6.45) is 3.34. The number of benzene rings is 1. The summed E-state index contributed by atoms with van der Waals surface area (Å²) in [6, 6.07) is 11.2. The molecule has 0 N–H and O–H groups in total. The van der Waals surface area contributed by atoms with Gasteiger partial charge in [-0.05, 0) is 18.9 Å². The molecule has 1 aromatic carbocycles. The Morgan fingerprint density at radius 1 is 1.18 bits per heavy atom. The fourth-order valence-corrected chi connectivity index (χ4v) is 2.23. The van der Waals surface area contributed by atoms with Crippen LogP contribution in [0.15, 0.2) is 47.4 Å². The van der Waals surface area contributed by atoms with Gasteiger partial charge in [-0.15, -0.1) is 0 Å². The van der Waals surface area contributed by atoms with E-state index in [1.807, 2.05) is 48.7 Å². The van der Waals surface area contributed by atoms with E-state index in [-0.39, 0.29) is 11.0 Å². The number of hydrogen-bond donors (Lipinski definition) is 0. The lowest BCUT2D eigenvalue weighted by atomic mass is 10.1. The van der Waals surface area contributed by atoms with Crippen LogP contribution in [0, 0.1) is 0 Å². The summed E-state index contributed by atoms with van der Waals surface area (Å²) in [4.78, 5) is 24.3. The van der Waals surface area contributed by atoms with Gasteiger partial charge in [0.25, 0.3) is 0 Å². The quantitative estimate of drug-likeness (QED) is 0.606. The van der Waals surface area contributed by atoms with E-state index in [4.69, 9.17) is 4.74 Å². The molecule has 0 fully saturated rings. The summed E-state index contributed by atoms with van der Waals surface area (Å²) in [7, 11) is 0. The first-order valence-corrected chi connectivity index (χ1v) is 7.64. The van der Waals surface area contributed by atoms with Crippen molar-refractivity contribution in [1.29, 1.82) is 0 Å². The zero-order valence-corrected chi connectivity index (χ0v) is 13.0. The summed E-state index contributed by atoms with van der Waals surface area (Å²) in [5, 5.41) is 0. The molecule has 0 saturated heterocycles. The molecule has 0 aliphatic rings. The molecule has 1 aromatic heterocycles. The van der Waals surface area contributed by atoms with Crippen molar-refractivity contribution in [3.05, 3.63) is 58.4 Å². The summed E-state index contributed by atoms with van der Waals surface area (Å²) >= 11 is 0. The van der Waals surface area contributed by atoms with Crippen LogP contribution in [0.2, 0.25) is 0 Å². The second-order valence-electron chi connectivity index (χ2n) is 5.08. The minimum absolute atomic E-state index is 0.0950. The van der Waals surface area contributed by atoms with Gasteiger partial charge in [0.1, 0.15) is 5.56 Å². The van der Waals surface area contributed by atoms with Crippen LogP contribution in [0.1, 0.15) is 37.0 Å². The minimum atomic E-state index is -0.541. The Bertz CT molecular complexity index is 689. The highest BCUT2D eigenvalue weighted by atomic mass is 16.5. The average Bonchev–Trinajstić information content (AvgIpc) is 2.55. The van der Waals surface area contributed by atoms with Crippen molar-refractivity contribution in [3.63, 3.8) is 0 Å². The molecular formula is C18H21NO3. The highest BCUT2D eigenvalue weighted by Crippen LogP contribution is 2.18. The number of aryl methyl sites for hydroxylation is 1. The van der Waals surface area contributed by atoms with E-state index < -0.39 is 5.97 Å². The fourth-order valence-electron chi connectivity index (χ4n) is 2.23. The number of pyridine rings is 1. The normalized spacial score (nSPS) is 10.5. The van der Waals surface area contributed by atoms with Gasteiger partial charge in [0.2, 0.25) is 0 Å². The molecule has 0 spiro atoms. The average molecular weight is 299 g/mol. The van der Waals surface area contributed by atoms with Gasteiger partial charge >= 0.3 is 5.97 Å². The van der Waals surface area contributed by atoms with E-state index in [0.29, 0.717) is 13.2 Å². The van der Waals surface area contributed by atoms with Crippen molar-refractivity contribution in [2.45, 2.75) is 33.2 Å². The van der Waals surface area contributed by atoms with Crippen molar-refractivity contribution in [2.75, 3.05) is 6.61 Å². The predicted octanol–water partition coefficient (Wildman–Crippen LogP) is 3.49. The molecule has 0 unspecified atom stereocenters. The van der Waals surface area contributed by atoms with Crippen molar-refractivity contribution in [1.82, 2.24) is 4.57 Å². The van der Waals surface area contributed by atoms with Crippen molar-refractivity contribution < 1.29 is 9.53 Å². The monoisotopic (exact) mass is 299 g/mol. The van der Waals surface area contributed by atoms with Crippen LogP contribution in [0.5, 0.6) is 0 Å². The molecule has 1 heterocycles. The van der Waals surface area contributed by atoms with Crippen LogP contribution >= 0.6 is 0 Å². The van der Waals surface area contributed by atoms with E-state index in [2.05, 4.69) is 0 Å². The second-order valence-corrected chi connectivity index (χ2v) is 5.08. The Hall–Kier alpha value is -2.36. The van der Waals surface area contributed by atoms with Gasteiger partial charge in [-0.25, -0.2) is 4.79 Å². The number of ether oxygens (including phenoxy) is 1. The number of carbonyl (C=O) groups excluding carboxylic acids is 1. The van der Waals surface area contributed by atoms with Crippen molar-refractivity contribution in [2.24, 2.45) is 0 Å². The molecule has 4 nitrogen and oxygen atoms in total. The first-order chi connectivity index (χ1) is 10.7. The molecule has 0 radical (unpaired) electrons. The molecule has 0 bridgehead atoms. The lowest BCUT2D eigenvalue weighted by molar-refractivity contribution is 0.0497. The van der Waals surface area contributed by atoms with Crippen molar-refractivity contribution >= 4 is 5.97 Å². The SMILES string of the molecule is CCCCOC(=O)c1cn(CC)c(-c2ccccc2)cc1=O. The number of esters is 1. The van der Waals surface area contributed by atoms with Gasteiger partial charge < -0.3 is 9.30 Å². The van der Waals surface area contributed by atoms with Crippen molar-refractivity contribution in [3.8, 4) is 11.3 Å². The van der Waals surface area contributed by atoms with Gasteiger partial charge in [0, 0.05) is 18.8 Å². The molecule has 2 rings (SSSR count). The number of carbonyl (C=O) groups is 1. The second kappa shape index (κ2) is 7.59. The molecule has 0 aliphatic carbocycles. The molecule has 22 heavy (non-hydrogen) atoms. The number of hydrogen-bond acceptors (Lipinski definition) is 3. The Morgan fingerprint density at radius 2 is 1.91 bits per heavy atom. The zero-order valence-electron chi connectivity index (χ0n) is 13.0. The Morgan fingerprint density at radius 3 is 2.55 bits per heavy atom. The highest BCUT2D eigenvalue weighted by molar-refractivity contribution is 5.89. The van der Waals surface area contributed by atoms with E-state index in [9.17, 15) is 9.59 Å². The van der Waals surface area contributed by atoms with E-state index in [0.717, 1.165) is 24.1 Å². The Balaban J connectivity index is 2.36. The largest absolute Gasteiger partial charge is 0.462 e. The molecule has 0 aliphatic heterocycles. The lowest BCUT2D eigenvalue weighted by Gasteiger charge is -2.13. The minimum Gasteiger partial charge on any atom is -0.462 e. The van der Waals surface area contributed by atoms with Crippen LogP contribution in [0.25, 0.3) is 11.3 Å². The summed E-state index contributed by atoms with van der Waals surface area (Å²) < 4.78 is 7.04. The number of nitrogens with zero attached hydrogens (tertiary/aromatic N) is 1. The maximum absolute atomic E-state index is 12.2. The molecule has 0 atom stereocenters. The molecule has 2 aromatic rings. The molecular weight excluding hydrogens is 278 g/mol. The number of unbranched alkanes of at least 4 members (excludes halogenated alkanes) is 1. The standard InChI is InChI=1S/C18H21NO3/c1-3-5-11-22-18(21)15-13-19(4-2)16(12-17(15)20)14-9-7-6-8-10-14/h6-10,12-13H,3-5,11H2,1-2H3. The fraction of sp³-hybridized carbons (Fsp3) is 0.333. The Labute approximate surface area is 130 Å². The number of aromatic nitrogens is 1. The van der Waals surface area contributed by atoms with Gasteiger partial charge in [-0.3, -0.25) is 4.79 Å². The third-order valence-corrected chi connectivity index (χ3v) is 3.49. The first kappa shape index (κ1) is 16.0. The third-order valence-electron chi connectivity index (χ3n) is 3.49. The molecule has 4 heteroatoms. The van der Waals surface area contributed by atoms with Crippen LogP contribution in [0.4, 0.5) is 0 Å². The molecule has 0 saturated carbocycles. The smallest absolute Gasteiger partial charge is 0.343 e. The van der Waals surface area contributed by atoms with E-state index >= 15 is 0 Å².